The number of nitrogens with one attached hydrogen (secondary N) is 1. The lowest BCUT2D eigenvalue weighted by Crippen LogP contribution is -2.01. The number of nitrogens with zero attached hydrogens (tertiary/aromatic N) is 3. The highest BCUT2D eigenvalue weighted by atomic mass is 32.1. The molecule has 2 aromatic heterocycles. The van der Waals surface area contributed by atoms with E-state index in [1.54, 1.807) is 20.4 Å². The molecule has 0 bridgehead atoms. The van der Waals surface area contributed by atoms with Crippen LogP contribution in [0.2, 0.25) is 0 Å². The molecule has 3 aromatic rings. The monoisotopic (exact) mass is 354 g/mol. The van der Waals surface area contributed by atoms with Crippen molar-refractivity contribution in [2.45, 2.75) is 6.92 Å². The molecule has 0 spiro atoms. The Morgan fingerprint density at radius 1 is 1.16 bits per heavy atom. The van der Waals surface area contributed by atoms with E-state index >= 15 is 0 Å². The number of thiazole rings is 1. The number of pyridine rings is 1. The summed E-state index contributed by atoms with van der Waals surface area (Å²) in [6.45, 7) is 1.90. The van der Waals surface area contributed by atoms with Crippen molar-refractivity contribution in [2.24, 2.45) is 5.10 Å². The number of hydrazone groups is 1. The summed E-state index contributed by atoms with van der Waals surface area (Å²) in [4.78, 5) is 8.84. The number of aromatic nitrogens is 2. The Labute approximate surface area is 150 Å². The fourth-order valence-corrected chi connectivity index (χ4v) is 2.88. The summed E-state index contributed by atoms with van der Waals surface area (Å²) in [7, 11) is 3.27. The number of ether oxygens (including phenoxy) is 2. The first-order chi connectivity index (χ1) is 12.2. The Balaban J connectivity index is 1.81. The number of anilines is 1. The quantitative estimate of drug-likeness (QED) is 0.534. The molecule has 25 heavy (non-hydrogen) atoms. The SMILES string of the molecule is COc1ccc(OC)c(-c2csc(N/N=C(\C)c3ccccn3)n2)c1. The van der Waals surface area contributed by atoms with Crippen LogP contribution >= 0.6 is 11.3 Å². The molecule has 2 heterocycles. The van der Waals surface area contributed by atoms with Gasteiger partial charge in [-0.3, -0.25) is 10.4 Å². The lowest BCUT2D eigenvalue weighted by Gasteiger charge is -2.08. The van der Waals surface area contributed by atoms with Gasteiger partial charge in [0.15, 0.2) is 0 Å². The summed E-state index contributed by atoms with van der Waals surface area (Å²) in [6.07, 6.45) is 1.74. The lowest BCUT2D eigenvalue weighted by molar-refractivity contribution is 0.404. The van der Waals surface area contributed by atoms with Gasteiger partial charge in [-0.2, -0.15) is 5.10 Å². The second-order valence-corrected chi connectivity index (χ2v) is 5.99. The van der Waals surface area contributed by atoms with Crippen molar-refractivity contribution < 1.29 is 9.47 Å². The van der Waals surface area contributed by atoms with E-state index in [1.807, 2.05) is 48.7 Å². The standard InChI is InChI=1S/C18H18N4O2S/c1-12(15-6-4-5-9-19-15)21-22-18-20-16(11-25-18)14-10-13(23-2)7-8-17(14)24-3/h4-11H,1-3H3,(H,20,22)/b21-12+. The smallest absolute Gasteiger partial charge is 0.203 e. The molecular weight excluding hydrogens is 336 g/mol. The van der Waals surface area contributed by atoms with Crippen LogP contribution in [0, 0.1) is 0 Å². The summed E-state index contributed by atoms with van der Waals surface area (Å²) in [5.41, 5.74) is 6.26. The Morgan fingerprint density at radius 3 is 2.76 bits per heavy atom. The third-order valence-corrected chi connectivity index (χ3v) is 4.29. The number of rotatable bonds is 6. The van der Waals surface area contributed by atoms with E-state index in [4.69, 9.17) is 9.47 Å². The van der Waals surface area contributed by atoms with Crippen LogP contribution in [-0.2, 0) is 0 Å². The largest absolute Gasteiger partial charge is 0.497 e. The van der Waals surface area contributed by atoms with E-state index in [9.17, 15) is 0 Å². The van der Waals surface area contributed by atoms with Gasteiger partial charge < -0.3 is 9.47 Å². The summed E-state index contributed by atoms with van der Waals surface area (Å²) >= 11 is 1.47. The summed E-state index contributed by atoms with van der Waals surface area (Å²) in [6, 6.07) is 11.3. The van der Waals surface area contributed by atoms with E-state index in [0.717, 1.165) is 34.2 Å². The highest BCUT2D eigenvalue weighted by molar-refractivity contribution is 7.14. The van der Waals surface area contributed by atoms with E-state index < -0.39 is 0 Å². The predicted octanol–water partition coefficient (Wildman–Crippen LogP) is 4.06. The number of hydrogen-bond donors (Lipinski definition) is 1. The van der Waals surface area contributed by atoms with Crippen LogP contribution in [0.4, 0.5) is 5.13 Å². The molecule has 0 atom stereocenters. The summed E-state index contributed by atoms with van der Waals surface area (Å²) < 4.78 is 10.7. The van der Waals surface area contributed by atoms with Crippen molar-refractivity contribution >= 4 is 22.2 Å². The summed E-state index contributed by atoms with van der Waals surface area (Å²) in [5, 5.41) is 6.98. The molecule has 0 saturated heterocycles. The van der Waals surface area contributed by atoms with E-state index in [1.165, 1.54) is 11.3 Å². The highest BCUT2D eigenvalue weighted by Gasteiger charge is 2.11. The zero-order valence-electron chi connectivity index (χ0n) is 14.2. The van der Waals surface area contributed by atoms with E-state index in [2.05, 4.69) is 20.5 Å². The third-order valence-electron chi connectivity index (χ3n) is 3.54. The second-order valence-electron chi connectivity index (χ2n) is 5.13. The Morgan fingerprint density at radius 2 is 2.04 bits per heavy atom. The fraction of sp³-hybridized carbons (Fsp3) is 0.167. The minimum atomic E-state index is 0.690. The molecule has 0 fully saturated rings. The summed E-state index contributed by atoms with van der Waals surface area (Å²) in [5.74, 6) is 1.49. The average molecular weight is 354 g/mol. The van der Waals surface area contributed by atoms with E-state index in [-0.39, 0.29) is 0 Å². The maximum atomic E-state index is 5.42. The maximum Gasteiger partial charge on any atom is 0.203 e. The van der Waals surface area contributed by atoms with Gasteiger partial charge in [-0.1, -0.05) is 6.07 Å². The molecule has 0 aliphatic carbocycles. The fourth-order valence-electron chi connectivity index (χ4n) is 2.23. The van der Waals surface area contributed by atoms with Gasteiger partial charge >= 0.3 is 0 Å². The molecule has 0 unspecified atom stereocenters. The van der Waals surface area contributed by atoms with Crippen molar-refractivity contribution in [3.63, 3.8) is 0 Å². The van der Waals surface area contributed by atoms with Gasteiger partial charge in [-0.25, -0.2) is 4.98 Å². The molecule has 1 aromatic carbocycles. The molecule has 0 radical (unpaired) electrons. The van der Waals surface area contributed by atoms with Crippen LogP contribution in [0.1, 0.15) is 12.6 Å². The van der Waals surface area contributed by atoms with Crippen LogP contribution in [0.25, 0.3) is 11.3 Å². The molecule has 0 aliphatic rings. The molecule has 7 heteroatoms. The van der Waals surface area contributed by atoms with Crippen molar-refractivity contribution in [3.05, 3.63) is 53.7 Å². The van der Waals surface area contributed by atoms with Gasteiger partial charge in [0, 0.05) is 17.1 Å². The predicted molar refractivity (Wildman–Crippen MR) is 101 cm³/mol. The van der Waals surface area contributed by atoms with Crippen molar-refractivity contribution in [1.82, 2.24) is 9.97 Å². The van der Waals surface area contributed by atoms with Gasteiger partial charge in [0.2, 0.25) is 5.13 Å². The van der Waals surface area contributed by atoms with Crippen LogP contribution in [0.5, 0.6) is 11.5 Å². The van der Waals surface area contributed by atoms with E-state index in [0.29, 0.717) is 5.13 Å². The van der Waals surface area contributed by atoms with Crippen LogP contribution in [0.15, 0.2) is 53.1 Å². The number of benzene rings is 1. The van der Waals surface area contributed by atoms with Crippen molar-refractivity contribution in [2.75, 3.05) is 19.6 Å². The molecule has 1 N–H and O–H groups in total. The first-order valence-electron chi connectivity index (χ1n) is 7.61. The van der Waals surface area contributed by atoms with Crippen LogP contribution < -0.4 is 14.9 Å². The first-order valence-corrected chi connectivity index (χ1v) is 8.49. The van der Waals surface area contributed by atoms with Crippen LogP contribution in [-0.4, -0.2) is 29.9 Å². The minimum absolute atomic E-state index is 0.690. The molecule has 0 aliphatic heterocycles. The van der Waals surface area contributed by atoms with Crippen molar-refractivity contribution in [1.29, 1.82) is 0 Å². The number of methoxy groups -OCH3 is 2. The highest BCUT2D eigenvalue weighted by Crippen LogP contribution is 2.34. The normalized spacial score (nSPS) is 11.2. The lowest BCUT2D eigenvalue weighted by atomic mass is 10.1. The zero-order valence-corrected chi connectivity index (χ0v) is 15.0. The Kier molecular flexibility index (Phi) is 5.25. The van der Waals surface area contributed by atoms with Crippen molar-refractivity contribution in [3.8, 4) is 22.8 Å². The topological polar surface area (TPSA) is 68.6 Å². The average Bonchev–Trinajstić information content (AvgIpc) is 3.15. The van der Waals surface area contributed by atoms with Gasteiger partial charge in [-0.15, -0.1) is 11.3 Å². The molecule has 128 valence electrons. The zero-order chi connectivity index (χ0) is 17.6. The first kappa shape index (κ1) is 16.9. The minimum Gasteiger partial charge on any atom is -0.497 e. The Bertz CT molecular complexity index is 878. The number of hydrogen-bond acceptors (Lipinski definition) is 7. The van der Waals surface area contributed by atoms with Gasteiger partial charge in [0.25, 0.3) is 0 Å². The van der Waals surface area contributed by atoms with Crippen LogP contribution in [0.3, 0.4) is 0 Å². The van der Waals surface area contributed by atoms with Gasteiger partial charge in [0.05, 0.1) is 31.3 Å². The molecule has 3 rings (SSSR count). The van der Waals surface area contributed by atoms with Gasteiger partial charge in [-0.05, 0) is 37.3 Å². The molecule has 6 nitrogen and oxygen atoms in total. The second kappa shape index (κ2) is 7.76. The Hall–Kier alpha value is -2.93. The van der Waals surface area contributed by atoms with Gasteiger partial charge in [0.1, 0.15) is 11.5 Å². The molecule has 0 saturated carbocycles. The molecule has 0 amide bonds. The molecular formula is C18H18N4O2S. The third kappa shape index (κ3) is 3.95. The maximum absolute atomic E-state index is 5.42.